The van der Waals surface area contributed by atoms with Crippen LogP contribution in [0.3, 0.4) is 0 Å². The second-order valence-corrected chi connectivity index (χ2v) is 3.74. The van der Waals surface area contributed by atoms with Crippen molar-refractivity contribution in [2.24, 2.45) is 0 Å². The van der Waals surface area contributed by atoms with Crippen LogP contribution in [0.25, 0.3) is 0 Å². The van der Waals surface area contributed by atoms with Crippen molar-refractivity contribution in [3.63, 3.8) is 0 Å². The molecule has 66 valence electrons. The zero-order valence-electron chi connectivity index (χ0n) is 7.57. The van der Waals surface area contributed by atoms with Crippen molar-refractivity contribution in [2.45, 2.75) is 38.3 Å². The van der Waals surface area contributed by atoms with E-state index in [1.165, 1.54) is 0 Å². The number of alkyl halides is 1. The molecule has 0 amide bonds. The van der Waals surface area contributed by atoms with Gasteiger partial charge in [-0.1, -0.05) is 13.3 Å². The molecule has 0 aromatic heterocycles. The second kappa shape index (κ2) is 3.53. The normalized spacial score (nSPS) is 34.1. The van der Waals surface area contributed by atoms with Crippen molar-refractivity contribution in [2.75, 3.05) is 20.1 Å². The summed E-state index contributed by atoms with van der Waals surface area (Å²) in [6.45, 7) is 3.76. The Bertz CT molecular complexity index is 123. The molecular formula is C9H18FN. The molecule has 1 aliphatic rings. The van der Waals surface area contributed by atoms with Crippen molar-refractivity contribution in [3.8, 4) is 0 Å². The maximum Gasteiger partial charge on any atom is 0.123 e. The van der Waals surface area contributed by atoms with Crippen molar-refractivity contribution in [1.82, 2.24) is 4.90 Å². The van der Waals surface area contributed by atoms with Crippen LogP contribution < -0.4 is 0 Å². The first kappa shape index (κ1) is 8.98. The maximum absolute atomic E-state index is 13.8. The van der Waals surface area contributed by atoms with Crippen molar-refractivity contribution < 1.29 is 4.39 Å². The van der Waals surface area contributed by atoms with Crippen LogP contribution in [0.4, 0.5) is 4.39 Å². The van der Waals surface area contributed by atoms with Crippen LogP contribution in [0.1, 0.15) is 32.6 Å². The summed E-state index contributed by atoms with van der Waals surface area (Å²) in [5.74, 6) is 0. The van der Waals surface area contributed by atoms with E-state index >= 15 is 0 Å². The van der Waals surface area contributed by atoms with Gasteiger partial charge in [-0.3, -0.25) is 0 Å². The summed E-state index contributed by atoms with van der Waals surface area (Å²) in [5.41, 5.74) is -0.873. The molecule has 2 heteroatoms. The van der Waals surface area contributed by atoms with Crippen LogP contribution in [0.2, 0.25) is 0 Å². The minimum atomic E-state index is -0.873. The molecule has 0 aromatic rings. The highest BCUT2D eigenvalue weighted by molar-refractivity contribution is 4.85. The molecule has 1 atom stereocenters. The lowest BCUT2D eigenvalue weighted by Gasteiger charge is -2.35. The highest BCUT2D eigenvalue weighted by atomic mass is 19.1. The zero-order chi connectivity index (χ0) is 8.32. The molecule has 1 nitrogen and oxygen atoms in total. The topological polar surface area (TPSA) is 3.24 Å². The van der Waals surface area contributed by atoms with Crippen molar-refractivity contribution in [1.29, 1.82) is 0 Å². The van der Waals surface area contributed by atoms with E-state index in [-0.39, 0.29) is 0 Å². The first-order valence-corrected chi connectivity index (χ1v) is 4.54. The lowest BCUT2D eigenvalue weighted by Crippen LogP contribution is -2.43. The number of likely N-dealkylation sites (tertiary alicyclic amines) is 1. The lowest BCUT2D eigenvalue weighted by atomic mass is 9.91. The fourth-order valence-electron chi connectivity index (χ4n) is 1.96. The van der Waals surface area contributed by atoms with Crippen LogP contribution in [-0.2, 0) is 0 Å². The Morgan fingerprint density at radius 2 is 2.27 bits per heavy atom. The Balaban J connectivity index is 2.41. The van der Waals surface area contributed by atoms with E-state index in [2.05, 4.69) is 11.8 Å². The number of halogens is 1. The molecule has 0 aliphatic carbocycles. The van der Waals surface area contributed by atoms with Crippen molar-refractivity contribution >= 4 is 0 Å². The summed E-state index contributed by atoms with van der Waals surface area (Å²) >= 11 is 0. The van der Waals surface area contributed by atoms with E-state index in [0.717, 1.165) is 32.2 Å². The third-order valence-electron chi connectivity index (χ3n) is 2.42. The largest absolute Gasteiger partial charge is 0.303 e. The molecule has 1 heterocycles. The minimum absolute atomic E-state index is 0.640. The maximum atomic E-state index is 13.8. The van der Waals surface area contributed by atoms with Gasteiger partial charge in [0.15, 0.2) is 0 Å². The van der Waals surface area contributed by atoms with Gasteiger partial charge in [-0.25, -0.2) is 4.39 Å². The Kier molecular flexibility index (Phi) is 2.88. The molecule has 1 saturated heterocycles. The summed E-state index contributed by atoms with van der Waals surface area (Å²) in [4.78, 5) is 2.10. The Morgan fingerprint density at radius 3 is 2.82 bits per heavy atom. The van der Waals surface area contributed by atoms with E-state index in [0.29, 0.717) is 6.54 Å². The third kappa shape index (κ3) is 2.44. The van der Waals surface area contributed by atoms with E-state index in [9.17, 15) is 4.39 Å². The molecule has 0 N–H and O–H groups in total. The van der Waals surface area contributed by atoms with Gasteiger partial charge in [0, 0.05) is 6.54 Å². The van der Waals surface area contributed by atoms with Gasteiger partial charge in [0.25, 0.3) is 0 Å². The predicted molar refractivity (Wildman–Crippen MR) is 45.5 cm³/mol. The molecule has 0 bridgehead atoms. The molecule has 0 unspecified atom stereocenters. The third-order valence-corrected chi connectivity index (χ3v) is 2.42. The van der Waals surface area contributed by atoms with Gasteiger partial charge in [-0.05, 0) is 32.9 Å². The second-order valence-electron chi connectivity index (χ2n) is 3.74. The molecule has 0 saturated carbocycles. The summed E-state index contributed by atoms with van der Waals surface area (Å²) < 4.78 is 13.8. The van der Waals surface area contributed by atoms with Crippen LogP contribution in [0, 0.1) is 0 Å². The standard InChI is InChI=1S/C9H18FN/c1-3-5-9(10)6-4-7-11(2)8-9/h3-8H2,1-2H3/t9-/m0/s1. The molecule has 1 fully saturated rings. The van der Waals surface area contributed by atoms with E-state index in [1.54, 1.807) is 0 Å². The van der Waals surface area contributed by atoms with Gasteiger partial charge < -0.3 is 4.90 Å². The first-order valence-electron chi connectivity index (χ1n) is 4.54. The van der Waals surface area contributed by atoms with E-state index in [4.69, 9.17) is 0 Å². The quantitative estimate of drug-likeness (QED) is 0.597. The molecule has 1 aliphatic heterocycles. The summed E-state index contributed by atoms with van der Waals surface area (Å²) in [5, 5.41) is 0. The highest BCUT2D eigenvalue weighted by Crippen LogP contribution is 2.28. The van der Waals surface area contributed by atoms with Gasteiger partial charge >= 0.3 is 0 Å². The number of piperidine rings is 1. The molecule has 0 radical (unpaired) electrons. The van der Waals surface area contributed by atoms with Gasteiger partial charge in [0.1, 0.15) is 5.67 Å². The monoisotopic (exact) mass is 159 g/mol. The molecule has 0 aromatic carbocycles. The number of nitrogens with zero attached hydrogens (tertiary/aromatic N) is 1. The van der Waals surface area contributed by atoms with Crippen LogP contribution in [0.5, 0.6) is 0 Å². The lowest BCUT2D eigenvalue weighted by molar-refractivity contribution is 0.0504. The summed E-state index contributed by atoms with van der Waals surface area (Å²) in [6.07, 6.45) is 3.49. The summed E-state index contributed by atoms with van der Waals surface area (Å²) in [7, 11) is 2.00. The van der Waals surface area contributed by atoms with Crippen LogP contribution >= 0.6 is 0 Å². The SMILES string of the molecule is CCC[C@]1(F)CCCN(C)C1. The smallest absolute Gasteiger partial charge is 0.123 e. The number of rotatable bonds is 2. The van der Waals surface area contributed by atoms with Gasteiger partial charge in [0.05, 0.1) is 0 Å². The average Bonchev–Trinajstić information content (AvgIpc) is 1.86. The molecule has 0 spiro atoms. The van der Waals surface area contributed by atoms with Gasteiger partial charge in [-0.2, -0.15) is 0 Å². The van der Waals surface area contributed by atoms with E-state index in [1.807, 2.05) is 7.05 Å². The van der Waals surface area contributed by atoms with Crippen LogP contribution in [0.15, 0.2) is 0 Å². The number of hydrogen-bond donors (Lipinski definition) is 0. The average molecular weight is 159 g/mol. The highest BCUT2D eigenvalue weighted by Gasteiger charge is 2.32. The first-order chi connectivity index (χ1) is 5.16. The fourth-order valence-corrected chi connectivity index (χ4v) is 1.96. The van der Waals surface area contributed by atoms with Crippen LogP contribution in [-0.4, -0.2) is 30.7 Å². The van der Waals surface area contributed by atoms with Gasteiger partial charge in [-0.15, -0.1) is 0 Å². The molecular weight excluding hydrogens is 141 g/mol. The van der Waals surface area contributed by atoms with Gasteiger partial charge in [0.2, 0.25) is 0 Å². The Hall–Kier alpha value is -0.110. The molecule has 1 rings (SSSR count). The minimum Gasteiger partial charge on any atom is -0.303 e. The number of hydrogen-bond acceptors (Lipinski definition) is 1. The predicted octanol–water partition coefficient (Wildman–Crippen LogP) is 2.22. The fraction of sp³-hybridized carbons (Fsp3) is 1.00. The van der Waals surface area contributed by atoms with E-state index < -0.39 is 5.67 Å². The zero-order valence-corrected chi connectivity index (χ0v) is 7.57. The van der Waals surface area contributed by atoms with Crippen molar-refractivity contribution in [3.05, 3.63) is 0 Å². The Labute approximate surface area is 68.6 Å². The molecule has 11 heavy (non-hydrogen) atoms. The Morgan fingerprint density at radius 1 is 1.55 bits per heavy atom. The summed E-state index contributed by atoms with van der Waals surface area (Å²) in [6, 6.07) is 0.